The molecule has 1 unspecified atom stereocenters. The van der Waals surface area contributed by atoms with Gasteiger partial charge in [-0.05, 0) is 44.1 Å². The van der Waals surface area contributed by atoms with E-state index in [1.165, 1.54) is 0 Å². The minimum Gasteiger partial charge on any atom is -0.396 e. The number of hydrogen-bond acceptors (Lipinski definition) is 3. The summed E-state index contributed by atoms with van der Waals surface area (Å²) < 4.78 is 0. The van der Waals surface area contributed by atoms with Crippen LogP contribution in [-0.4, -0.2) is 36.8 Å². The van der Waals surface area contributed by atoms with Crippen molar-refractivity contribution < 1.29 is 5.11 Å². The van der Waals surface area contributed by atoms with Crippen molar-refractivity contribution in [3.05, 3.63) is 34.9 Å². The van der Waals surface area contributed by atoms with Gasteiger partial charge in [0.1, 0.15) is 0 Å². The summed E-state index contributed by atoms with van der Waals surface area (Å²) >= 11 is 5.93. The fourth-order valence-electron chi connectivity index (χ4n) is 1.72. The molecule has 0 fully saturated rings. The number of nitrogens with zero attached hydrogens (tertiary/aromatic N) is 1. The van der Waals surface area contributed by atoms with Crippen LogP contribution in [0.4, 0.5) is 0 Å². The van der Waals surface area contributed by atoms with Crippen molar-refractivity contribution in [2.45, 2.75) is 18.9 Å². The zero-order valence-electron chi connectivity index (χ0n) is 10.3. The summed E-state index contributed by atoms with van der Waals surface area (Å²) in [6.07, 6.45) is 1.70. The van der Waals surface area contributed by atoms with Crippen molar-refractivity contribution in [1.82, 2.24) is 4.90 Å². The molecule has 0 radical (unpaired) electrons. The standard InChI is InChI=1S/C13H21ClN2O/c1-16(7-3-9-17)8-6-13(15)11-4-2-5-12(14)10-11/h2,4-5,10,13,17H,3,6-9,15H2,1H3. The minimum absolute atomic E-state index is 0.0188. The fourth-order valence-corrected chi connectivity index (χ4v) is 1.91. The molecular formula is C13H21ClN2O. The maximum atomic E-state index is 8.74. The summed E-state index contributed by atoms with van der Waals surface area (Å²) in [7, 11) is 2.04. The van der Waals surface area contributed by atoms with Crippen LogP contribution < -0.4 is 5.73 Å². The summed E-state index contributed by atoms with van der Waals surface area (Å²) in [6.45, 7) is 2.07. The van der Waals surface area contributed by atoms with Crippen molar-refractivity contribution >= 4 is 11.6 Å². The molecule has 1 atom stereocenters. The second-order valence-electron chi connectivity index (χ2n) is 4.33. The van der Waals surface area contributed by atoms with E-state index in [9.17, 15) is 0 Å². The monoisotopic (exact) mass is 256 g/mol. The van der Waals surface area contributed by atoms with Crippen molar-refractivity contribution in [2.75, 3.05) is 26.7 Å². The molecule has 0 aliphatic carbocycles. The van der Waals surface area contributed by atoms with Gasteiger partial charge in [-0.3, -0.25) is 0 Å². The van der Waals surface area contributed by atoms with E-state index in [1.54, 1.807) is 0 Å². The highest BCUT2D eigenvalue weighted by atomic mass is 35.5. The van der Waals surface area contributed by atoms with Crippen molar-refractivity contribution in [3.63, 3.8) is 0 Å². The molecule has 1 rings (SSSR count). The maximum absolute atomic E-state index is 8.74. The molecule has 0 spiro atoms. The number of rotatable bonds is 7. The van der Waals surface area contributed by atoms with Crippen LogP contribution in [-0.2, 0) is 0 Å². The van der Waals surface area contributed by atoms with Crippen molar-refractivity contribution in [3.8, 4) is 0 Å². The number of aliphatic hydroxyl groups is 1. The Labute approximate surface area is 108 Å². The first kappa shape index (κ1) is 14.5. The lowest BCUT2D eigenvalue weighted by Gasteiger charge is -2.19. The summed E-state index contributed by atoms with van der Waals surface area (Å²) in [6, 6.07) is 7.72. The van der Waals surface area contributed by atoms with E-state index < -0.39 is 0 Å². The molecule has 0 aromatic heterocycles. The molecule has 3 N–H and O–H groups in total. The predicted molar refractivity (Wildman–Crippen MR) is 72.2 cm³/mol. The molecule has 0 aliphatic rings. The van der Waals surface area contributed by atoms with Gasteiger partial charge < -0.3 is 15.7 Å². The Balaban J connectivity index is 2.36. The average Bonchev–Trinajstić information content (AvgIpc) is 2.33. The predicted octanol–water partition coefficient (Wildman–Crippen LogP) is 2.04. The van der Waals surface area contributed by atoms with Gasteiger partial charge in [0.2, 0.25) is 0 Å². The summed E-state index contributed by atoms with van der Waals surface area (Å²) in [5.74, 6) is 0. The zero-order chi connectivity index (χ0) is 12.7. The van der Waals surface area contributed by atoms with Crippen LogP contribution >= 0.6 is 11.6 Å². The van der Waals surface area contributed by atoms with E-state index >= 15 is 0 Å². The fraction of sp³-hybridized carbons (Fsp3) is 0.538. The van der Waals surface area contributed by atoms with Crippen LogP contribution in [0.15, 0.2) is 24.3 Å². The second kappa shape index (κ2) is 7.67. The van der Waals surface area contributed by atoms with Crippen LogP contribution in [0.25, 0.3) is 0 Å². The minimum atomic E-state index is 0.0188. The smallest absolute Gasteiger partial charge is 0.0443 e. The molecule has 3 nitrogen and oxygen atoms in total. The molecule has 0 saturated heterocycles. The normalized spacial score (nSPS) is 13.0. The Hall–Kier alpha value is -0.610. The second-order valence-corrected chi connectivity index (χ2v) is 4.77. The maximum Gasteiger partial charge on any atom is 0.0443 e. The Morgan fingerprint density at radius 1 is 1.41 bits per heavy atom. The van der Waals surface area contributed by atoms with Crippen molar-refractivity contribution in [1.29, 1.82) is 0 Å². The SMILES string of the molecule is CN(CCCO)CCC(N)c1cccc(Cl)c1. The molecule has 0 saturated carbocycles. The van der Waals surface area contributed by atoms with Crippen LogP contribution in [0.1, 0.15) is 24.4 Å². The topological polar surface area (TPSA) is 49.5 Å². The zero-order valence-corrected chi connectivity index (χ0v) is 11.0. The molecule has 4 heteroatoms. The third-order valence-corrected chi connectivity index (χ3v) is 3.03. The van der Waals surface area contributed by atoms with Crippen LogP contribution in [0.2, 0.25) is 5.02 Å². The number of halogens is 1. The number of nitrogens with two attached hydrogens (primary N) is 1. The van der Waals surface area contributed by atoms with Gasteiger partial charge in [0, 0.05) is 24.2 Å². The lowest BCUT2D eigenvalue weighted by molar-refractivity contribution is 0.244. The number of benzene rings is 1. The number of aliphatic hydroxyl groups excluding tert-OH is 1. The first-order valence-electron chi connectivity index (χ1n) is 5.94. The molecule has 0 bridgehead atoms. The number of hydrogen-bond donors (Lipinski definition) is 2. The Morgan fingerprint density at radius 3 is 2.82 bits per heavy atom. The van der Waals surface area contributed by atoms with Crippen LogP contribution in [0, 0.1) is 0 Å². The highest BCUT2D eigenvalue weighted by molar-refractivity contribution is 6.30. The molecule has 0 amide bonds. The third kappa shape index (κ3) is 5.50. The Bertz CT molecular complexity index is 333. The summed E-state index contributed by atoms with van der Waals surface area (Å²) in [4.78, 5) is 2.18. The van der Waals surface area contributed by atoms with Gasteiger partial charge in [0.15, 0.2) is 0 Å². The van der Waals surface area contributed by atoms with E-state index in [0.29, 0.717) is 0 Å². The Morgan fingerprint density at radius 2 is 2.18 bits per heavy atom. The summed E-state index contributed by atoms with van der Waals surface area (Å²) in [5, 5.41) is 9.46. The molecule has 0 aliphatic heterocycles. The van der Waals surface area contributed by atoms with Gasteiger partial charge in [0.05, 0.1) is 0 Å². The van der Waals surface area contributed by atoms with E-state index in [2.05, 4.69) is 4.90 Å². The lowest BCUT2D eigenvalue weighted by Crippen LogP contribution is -2.25. The Kier molecular flexibility index (Phi) is 6.52. The average molecular weight is 257 g/mol. The van der Waals surface area contributed by atoms with E-state index in [0.717, 1.165) is 36.5 Å². The van der Waals surface area contributed by atoms with Gasteiger partial charge in [-0.1, -0.05) is 23.7 Å². The molecule has 1 aromatic rings. The highest BCUT2D eigenvalue weighted by Gasteiger charge is 2.07. The summed E-state index contributed by atoms with van der Waals surface area (Å²) in [5.41, 5.74) is 7.18. The quantitative estimate of drug-likeness (QED) is 0.785. The molecule has 17 heavy (non-hydrogen) atoms. The lowest BCUT2D eigenvalue weighted by atomic mass is 10.0. The molecule has 0 heterocycles. The van der Waals surface area contributed by atoms with Gasteiger partial charge in [-0.25, -0.2) is 0 Å². The van der Waals surface area contributed by atoms with Gasteiger partial charge >= 0.3 is 0 Å². The molecular weight excluding hydrogens is 236 g/mol. The highest BCUT2D eigenvalue weighted by Crippen LogP contribution is 2.18. The van der Waals surface area contributed by atoms with Crippen LogP contribution in [0.5, 0.6) is 0 Å². The molecule has 1 aromatic carbocycles. The van der Waals surface area contributed by atoms with Crippen molar-refractivity contribution in [2.24, 2.45) is 5.73 Å². The first-order valence-corrected chi connectivity index (χ1v) is 6.31. The van der Waals surface area contributed by atoms with E-state index in [4.69, 9.17) is 22.4 Å². The van der Waals surface area contributed by atoms with Crippen LogP contribution in [0.3, 0.4) is 0 Å². The van der Waals surface area contributed by atoms with Gasteiger partial charge in [0.25, 0.3) is 0 Å². The van der Waals surface area contributed by atoms with E-state index in [1.807, 2.05) is 31.3 Å². The first-order chi connectivity index (χ1) is 8.13. The largest absolute Gasteiger partial charge is 0.396 e. The third-order valence-electron chi connectivity index (χ3n) is 2.80. The van der Waals surface area contributed by atoms with E-state index in [-0.39, 0.29) is 12.6 Å². The molecule has 96 valence electrons. The van der Waals surface area contributed by atoms with Gasteiger partial charge in [-0.2, -0.15) is 0 Å². The van der Waals surface area contributed by atoms with Gasteiger partial charge in [-0.15, -0.1) is 0 Å².